The molecule has 0 aliphatic heterocycles. The van der Waals surface area contributed by atoms with E-state index in [2.05, 4.69) is 38.3 Å². The smallest absolute Gasteiger partial charge is 0.166 e. The van der Waals surface area contributed by atoms with Gasteiger partial charge in [0.25, 0.3) is 0 Å². The van der Waals surface area contributed by atoms with Crippen LogP contribution in [0, 0.1) is 11.8 Å². The van der Waals surface area contributed by atoms with Crippen molar-refractivity contribution in [3.05, 3.63) is 0 Å². The van der Waals surface area contributed by atoms with Crippen LogP contribution in [0.4, 0.5) is 0 Å². The van der Waals surface area contributed by atoms with Gasteiger partial charge in [0.1, 0.15) is 0 Å². The molecule has 0 saturated heterocycles. The summed E-state index contributed by atoms with van der Waals surface area (Å²) in [7, 11) is 0. The average Bonchev–Trinajstić information content (AvgIpc) is 2.16. The lowest BCUT2D eigenvalue weighted by molar-refractivity contribution is 0.482. The summed E-state index contributed by atoms with van der Waals surface area (Å²) in [5, 5.41) is 7.26. The van der Waals surface area contributed by atoms with E-state index in [9.17, 15) is 0 Å². The summed E-state index contributed by atoms with van der Waals surface area (Å²) in [5.74, 6) is 1.39. The lowest BCUT2D eigenvalue weighted by Crippen LogP contribution is -2.39. The second kappa shape index (κ2) is 8.04. The molecule has 0 aromatic heterocycles. The van der Waals surface area contributed by atoms with Gasteiger partial charge in [-0.1, -0.05) is 40.5 Å². The van der Waals surface area contributed by atoms with Crippen LogP contribution in [-0.4, -0.2) is 18.2 Å². The van der Waals surface area contributed by atoms with Gasteiger partial charge in [0, 0.05) is 13.1 Å². The highest BCUT2D eigenvalue weighted by atomic mass is 32.1. The Balaban J connectivity index is 3.52. The molecule has 0 spiro atoms. The summed E-state index contributed by atoms with van der Waals surface area (Å²) < 4.78 is 0. The Morgan fingerprint density at radius 2 is 1.57 bits per heavy atom. The largest absolute Gasteiger partial charge is 0.362 e. The van der Waals surface area contributed by atoms with E-state index >= 15 is 0 Å². The standard InChI is InChI=1S/C11H24N2S/c1-5-10(6-2)8-13-11(14)12-7-9(3)4/h9-10H,5-8H2,1-4H3,(H2,12,13,14). The average molecular weight is 216 g/mol. The molecule has 0 aromatic rings. The molecule has 0 aromatic carbocycles. The first-order valence-corrected chi connectivity index (χ1v) is 6.02. The van der Waals surface area contributed by atoms with Crippen LogP contribution in [0.5, 0.6) is 0 Å². The third kappa shape index (κ3) is 7.13. The quantitative estimate of drug-likeness (QED) is 0.667. The molecular formula is C11H24N2S. The van der Waals surface area contributed by atoms with Crippen LogP contribution in [0.25, 0.3) is 0 Å². The third-order valence-electron chi connectivity index (χ3n) is 2.38. The van der Waals surface area contributed by atoms with E-state index in [-0.39, 0.29) is 0 Å². The molecule has 0 aliphatic carbocycles. The summed E-state index contributed by atoms with van der Waals surface area (Å²) in [5.41, 5.74) is 0. The molecule has 0 aliphatic rings. The highest BCUT2D eigenvalue weighted by Gasteiger charge is 2.03. The third-order valence-corrected chi connectivity index (χ3v) is 2.67. The fourth-order valence-corrected chi connectivity index (χ4v) is 1.34. The van der Waals surface area contributed by atoms with Gasteiger partial charge in [-0.05, 0) is 24.1 Å². The normalized spacial score (nSPS) is 10.7. The van der Waals surface area contributed by atoms with Gasteiger partial charge in [-0.25, -0.2) is 0 Å². The van der Waals surface area contributed by atoms with Crippen LogP contribution in [-0.2, 0) is 0 Å². The van der Waals surface area contributed by atoms with E-state index in [0.717, 1.165) is 24.1 Å². The van der Waals surface area contributed by atoms with E-state index in [1.807, 2.05) is 0 Å². The molecule has 0 rings (SSSR count). The molecule has 2 nitrogen and oxygen atoms in total. The maximum absolute atomic E-state index is 5.16. The van der Waals surface area contributed by atoms with Crippen LogP contribution in [0.15, 0.2) is 0 Å². The SMILES string of the molecule is CCC(CC)CNC(=S)NCC(C)C. The Labute approximate surface area is 93.8 Å². The van der Waals surface area contributed by atoms with Gasteiger partial charge in [0.2, 0.25) is 0 Å². The predicted octanol–water partition coefficient (Wildman–Crippen LogP) is 2.54. The lowest BCUT2D eigenvalue weighted by Gasteiger charge is -2.16. The van der Waals surface area contributed by atoms with Crippen molar-refractivity contribution < 1.29 is 0 Å². The zero-order valence-electron chi connectivity index (χ0n) is 9.89. The summed E-state index contributed by atoms with van der Waals surface area (Å²) in [6.07, 6.45) is 2.44. The van der Waals surface area contributed by atoms with Gasteiger partial charge < -0.3 is 10.6 Å². The molecule has 84 valence electrons. The molecule has 0 bridgehead atoms. The maximum atomic E-state index is 5.16. The summed E-state index contributed by atoms with van der Waals surface area (Å²) >= 11 is 5.16. The molecule has 2 N–H and O–H groups in total. The van der Waals surface area contributed by atoms with Crippen molar-refractivity contribution in [3.8, 4) is 0 Å². The summed E-state index contributed by atoms with van der Waals surface area (Å²) in [6.45, 7) is 10.7. The minimum atomic E-state index is 0.642. The van der Waals surface area contributed by atoms with Crippen LogP contribution in [0.2, 0.25) is 0 Å². The van der Waals surface area contributed by atoms with Gasteiger partial charge in [-0.3, -0.25) is 0 Å². The summed E-state index contributed by atoms with van der Waals surface area (Å²) in [4.78, 5) is 0. The fourth-order valence-electron chi connectivity index (χ4n) is 1.17. The highest BCUT2D eigenvalue weighted by Crippen LogP contribution is 2.04. The van der Waals surface area contributed by atoms with Gasteiger partial charge in [0.05, 0.1) is 0 Å². The van der Waals surface area contributed by atoms with Crippen LogP contribution >= 0.6 is 12.2 Å². The van der Waals surface area contributed by atoms with E-state index in [1.165, 1.54) is 12.8 Å². The van der Waals surface area contributed by atoms with Crippen LogP contribution in [0.3, 0.4) is 0 Å². The number of nitrogens with one attached hydrogen (secondary N) is 2. The Bertz CT molecular complexity index is 153. The molecule has 0 atom stereocenters. The van der Waals surface area contributed by atoms with Crippen molar-refractivity contribution in [3.63, 3.8) is 0 Å². The second-order valence-electron chi connectivity index (χ2n) is 4.17. The Morgan fingerprint density at radius 1 is 1.07 bits per heavy atom. The van der Waals surface area contributed by atoms with Crippen molar-refractivity contribution in [1.29, 1.82) is 0 Å². The molecule has 14 heavy (non-hydrogen) atoms. The monoisotopic (exact) mass is 216 g/mol. The van der Waals surface area contributed by atoms with E-state index in [1.54, 1.807) is 0 Å². The molecule has 0 fully saturated rings. The zero-order chi connectivity index (χ0) is 11.0. The molecule has 3 heteroatoms. The molecular weight excluding hydrogens is 192 g/mol. The maximum Gasteiger partial charge on any atom is 0.166 e. The number of hydrogen-bond donors (Lipinski definition) is 2. The van der Waals surface area contributed by atoms with Gasteiger partial charge in [-0.15, -0.1) is 0 Å². The van der Waals surface area contributed by atoms with Crippen molar-refractivity contribution in [1.82, 2.24) is 10.6 Å². The van der Waals surface area contributed by atoms with Crippen molar-refractivity contribution in [2.75, 3.05) is 13.1 Å². The topological polar surface area (TPSA) is 24.1 Å². The minimum Gasteiger partial charge on any atom is -0.362 e. The number of hydrogen-bond acceptors (Lipinski definition) is 1. The van der Waals surface area contributed by atoms with Crippen molar-refractivity contribution in [2.45, 2.75) is 40.5 Å². The van der Waals surface area contributed by atoms with E-state index < -0.39 is 0 Å². The molecule has 0 unspecified atom stereocenters. The fraction of sp³-hybridized carbons (Fsp3) is 0.909. The molecule has 0 heterocycles. The van der Waals surface area contributed by atoms with Gasteiger partial charge >= 0.3 is 0 Å². The Hall–Kier alpha value is -0.310. The first-order chi connectivity index (χ1) is 6.60. The highest BCUT2D eigenvalue weighted by molar-refractivity contribution is 7.80. The summed E-state index contributed by atoms with van der Waals surface area (Å²) in [6, 6.07) is 0. The molecule has 0 saturated carbocycles. The van der Waals surface area contributed by atoms with Gasteiger partial charge in [-0.2, -0.15) is 0 Å². The Morgan fingerprint density at radius 3 is 2.00 bits per heavy atom. The number of rotatable bonds is 6. The van der Waals surface area contributed by atoms with Gasteiger partial charge in [0.15, 0.2) is 5.11 Å². The predicted molar refractivity (Wildman–Crippen MR) is 67.5 cm³/mol. The number of thiocarbonyl (C=S) groups is 1. The van der Waals surface area contributed by atoms with E-state index in [0.29, 0.717) is 5.92 Å². The van der Waals surface area contributed by atoms with Crippen LogP contribution < -0.4 is 10.6 Å². The molecule has 0 amide bonds. The Kier molecular flexibility index (Phi) is 7.86. The molecule has 0 radical (unpaired) electrons. The van der Waals surface area contributed by atoms with Crippen molar-refractivity contribution in [2.24, 2.45) is 11.8 Å². The lowest BCUT2D eigenvalue weighted by atomic mass is 10.0. The second-order valence-corrected chi connectivity index (χ2v) is 4.58. The van der Waals surface area contributed by atoms with Crippen molar-refractivity contribution >= 4 is 17.3 Å². The van der Waals surface area contributed by atoms with E-state index in [4.69, 9.17) is 12.2 Å². The first kappa shape index (κ1) is 13.7. The van der Waals surface area contributed by atoms with Crippen LogP contribution in [0.1, 0.15) is 40.5 Å². The zero-order valence-corrected chi connectivity index (χ0v) is 10.7. The first-order valence-electron chi connectivity index (χ1n) is 5.61. The minimum absolute atomic E-state index is 0.642.